The van der Waals surface area contributed by atoms with E-state index in [0.717, 1.165) is 18.9 Å². The van der Waals surface area contributed by atoms with E-state index in [0.29, 0.717) is 19.6 Å². The molecule has 21 heavy (non-hydrogen) atoms. The van der Waals surface area contributed by atoms with Gasteiger partial charge in [-0.3, -0.25) is 0 Å². The lowest BCUT2D eigenvalue weighted by Crippen LogP contribution is -2.52. The minimum atomic E-state index is -0.697. The van der Waals surface area contributed by atoms with Crippen molar-refractivity contribution in [2.75, 3.05) is 20.3 Å². The van der Waals surface area contributed by atoms with Crippen molar-refractivity contribution in [1.82, 2.24) is 5.32 Å². The SMILES string of the molecule is CNC1CCC2(CC1Oc1ccc(F)cc1F)OCCO2. The molecule has 1 spiro atoms. The summed E-state index contributed by atoms with van der Waals surface area (Å²) in [6, 6.07) is 3.40. The van der Waals surface area contributed by atoms with Crippen LogP contribution in [0.4, 0.5) is 8.78 Å². The summed E-state index contributed by atoms with van der Waals surface area (Å²) in [6.45, 7) is 1.14. The Bertz CT molecular complexity index is 506. The molecule has 2 unspecified atom stereocenters. The Morgan fingerprint density at radius 3 is 2.71 bits per heavy atom. The van der Waals surface area contributed by atoms with Crippen LogP contribution >= 0.6 is 0 Å². The van der Waals surface area contributed by atoms with Crippen LogP contribution < -0.4 is 10.1 Å². The molecule has 4 nitrogen and oxygen atoms in total. The molecule has 2 aliphatic rings. The molecule has 1 aromatic carbocycles. The van der Waals surface area contributed by atoms with Crippen molar-refractivity contribution in [2.24, 2.45) is 0 Å². The number of hydrogen-bond donors (Lipinski definition) is 1. The Morgan fingerprint density at radius 2 is 2.05 bits per heavy atom. The lowest BCUT2D eigenvalue weighted by atomic mass is 9.87. The number of nitrogens with one attached hydrogen (secondary N) is 1. The molecule has 0 amide bonds. The Balaban J connectivity index is 1.76. The smallest absolute Gasteiger partial charge is 0.172 e. The molecule has 1 aliphatic carbocycles. The topological polar surface area (TPSA) is 39.7 Å². The molecule has 0 radical (unpaired) electrons. The van der Waals surface area contributed by atoms with Crippen LogP contribution in [0.1, 0.15) is 19.3 Å². The van der Waals surface area contributed by atoms with Crippen LogP contribution in [0.25, 0.3) is 0 Å². The van der Waals surface area contributed by atoms with Gasteiger partial charge in [0, 0.05) is 24.9 Å². The third-order valence-electron chi connectivity index (χ3n) is 4.15. The van der Waals surface area contributed by atoms with Gasteiger partial charge in [0.05, 0.1) is 13.2 Å². The maximum atomic E-state index is 13.8. The first-order chi connectivity index (χ1) is 10.1. The van der Waals surface area contributed by atoms with Gasteiger partial charge in [0.15, 0.2) is 17.4 Å². The molecule has 6 heteroatoms. The third-order valence-corrected chi connectivity index (χ3v) is 4.15. The lowest BCUT2D eigenvalue weighted by molar-refractivity contribution is -0.197. The molecule has 0 bridgehead atoms. The summed E-state index contributed by atoms with van der Waals surface area (Å²) in [4.78, 5) is 0. The van der Waals surface area contributed by atoms with E-state index in [1.165, 1.54) is 12.1 Å². The largest absolute Gasteiger partial charge is 0.486 e. The van der Waals surface area contributed by atoms with Gasteiger partial charge in [-0.25, -0.2) is 8.78 Å². The normalized spacial score (nSPS) is 28.0. The number of likely N-dealkylation sites (N-methyl/N-ethyl adjacent to an activating group) is 1. The number of rotatable bonds is 3. The van der Waals surface area contributed by atoms with Gasteiger partial charge in [0.25, 0.3) is 0 Å². The fourth-order valence-electron chi connectivity index (χ4n) is 3.06. The molecule has 1 heterocycles. The predicted octanol–water partition coefficient (Wildman–Crippen LogP) is 2.23. The molecular formula is C15H19F2NO3. The average molecular weight is 299 g/mol. The molecule has 1 saturated heterocycles. The molecule has 116 valence electrons. The fourth-order valence-corrected chi connectivity index (χ4v) is 3.06. The summed E-state index contributed by atoms with van der Waals surface area (Å²) in [7, 11) is 1.84. The lowest BCUT2D eigenvalue weighted by Gasteiger charge is -2.40. The summed E-state index contributed by atoms with van der Waals surface area (Å²) in [5.41, 5.74) is 0. The molecule has 3 rings (SSSR count). The average Bonchev–Trinajstić information content (AvgIpc) is 2.90. The van der Waals surface area contributed by atoms with Crippen LogP contribution in [-0.2, 0) is 9.47 Å². The highest BCUT2D eigenvalue weighted by Crippen LogP contribution is 2.37. The Hall–Kier alpha value is -1.24. The molecule has 1 aliphatic heterocycles. The van der Waals surface area contributed by atoms with E-state index in [-0.39, 0.29) is 17.9 Å². The zero-order valence-corrected chi connectivity index (χ0v) is 11.9. The number of halogens is 2. The van der Waals surface area contributed by atoms with Gasteiger partial charge < -0.3 is 19.5 Å². The van der Waals surface area contributed by atoms with Gasteiger partial charge in [-0.05, 0) is 25.6 Å². The van der Waals surface area contributed by atoms with Gasteiger partial charge in [-0.1, -0.05) is 0 Å². The van der Waals surface area contributed by atoms with E-state index in [9.17, 15) is 8.78 Å². The van der Waals surface area contributed by atoms with Crippen molar-refractivity contribution in [3.8, 4) is 5.75 Å². The maximum absolute atomic E-state index is 13.8. The monoisotopic (exact) mass is 299 g/mol. The summed E-state index contributed by atoms with van der Waals surface area (Å²) < 4.78 is 43.9. The minimum absolute atomic E-state index is 0.0525. The highest BCUT2D eigenvalue weighted by atomic mass is 19.1. The first-order valence-corrected chi connectivity index (χ1v) is 7.19. The van der Waals surface area contributed by atoms with Gasteiger partial charge >= 0.3 is 0 Å². The molecule has 1 N–H and O–H groups in total. The van der Waals surface area contributed by atoms with Crippen molar-refractivity contribution in [1.29, 1.82) is 0 Å². The number of benzene rings is 1. The molecule has 1 saturated carbocycles. The Morgan fingerprint density at radius 1 is 1.29 bits per heavy atom. The van der Waals surface area contributed by atoms with Crippen molar-refractivity contribution < 1.29 is 23.0 Å². The predicted molar refractivity (Wildman–Crippen MR) is 72.1 cm³/mol. The van der Waals surface area contributed by atoms with Crippen LogP contribution in [0.15, 0.2) is 18.2 Å². The second-order valence-electron chi connectivity index (χ2n) is 5.48. The molecule has 2 atom stereocenters. The van der Waals surface area contributed by atoms with Crippen molar-refractivity contribution in [3.05, 3.63) is 29.8 Å². The van der Waals surface area contributed by atoms with E-state index in [4.69, 9.17) is 14.2 Å². The second kappa shape index (κ2) is 5.87. The molecule has 2 fully saturated rings. The summed E-state index contributed by atoms with van der Waals surface area (Å²) in [5.74, 6) is -1.88. The van der Waals surface area contributed by atoms with Crippen LogP contribution in [0, 0.1) is 11.6 Å². The third kappa shape index (κ3) is 3.02. The number of ether oxygens (including phenoxy) is 3. The van der Waals surface area contributed by atoms with E-state index < -0.39 is 17.4 Å². The van der Waals surface area contributed by atoms with Gasteiger partial charge in [0.1, 0.15) is 11.9 Å². The minimum Gasteiger partial charge on any atom is -0.486 e. The van der Waals surface area contributed by atoms with Crippen molar-refractivity contribution in [3.63, 3.8) is 0 Å². The highest BCUT2D eigenvalue weighted by Gasteiger charge is 2.46. The Kier molecular flexibility index (Phi) is 4.10. The van der Waals surface area contributed by atoms with Crippen LogP contribution in [0.2, 0.25) is 0 Å². The van der Waals surface area contributed by atoms with E-state index in [1.807, 2.05) is 7.05 Å². The Labute approximate surface area is 122 Å². The van der Waals surface area contributed by atoms with E-state index >= 15 is 0 Å². The van der Waals surface area contributed by atoms with Gasteiger partial charge in [-0.2, -0.15) is 0 Å². The summed E-state index contributed by atoms with van der Waals surface area (Å²) in [5, 5.41) is 3.18. The summed E-state index contributed by atoms with van der Waals surface area (Å²) >= 11 is 0. The zero-order valence-electron chi connectivity index (χ0n) is 11.9. The standard InChI is InChI=1S/C15H19F2NO3/c1-18-12-4-5-15(19-6-7-20-15)9-14(12)21-13-3-2-10(16)8-11(13)17/h2-3,8,12,14,18H,4-7,9H2,1H3. The van der Waals surface area contributed by atoms with Crippen LogP contribution in [0.5, 0.6) is 5.75 Å². The first-order valence-electron chi connectivity index (χ1n) is 7.19. The molecule has 1 aromatic rings. The van der Waals surface area contributed by atoms with Gasteiger partial charge in [-0.15, -0.1) is 0 Å². The maximum Gasteiger partial charge on any atom is 0.172 e. The first kappa shape index (κ1) is 14.7. The molecular weight excluding hydrogens is 280 g/mol. The van der Waals surface area contributed by atoms with Crippen LogP contribution in [-0.4, -0.2) is 38.2 Å². The fraction of sp³-hybridized carbons (Fsp3) is 0.600. The van der Waals surface area contributed by atoms with Crippen LogP contribution in [0.3, 0.4) is 0 Å². The van der Waals surface area contributed by atoms with Crippen molar-refractivity contribution >= 4 is 0 Å². The summed E-state index contributed by atoms with van der Waals surface area (Å²) in [6.07, 6.45) is 1.82. The quantitative estimate of drug-likeness (QED) is 0.929. The van der Waals surface area contributed by atoms with E-state index in [1.54, 1.807) is 0 Å². The second-order valence-corrected chi connectivity index (χ2v) is 5.48. The van der Waals surface area contributed by atoms with Crippen molar-refractivity contribution in [2.45, 2.75) is 37.2 Å². The van der Waals surface area contributed by atoms with E-state index in [2.05, 4.69) is 5.32 Å². The highest BCUT2D eigenvalue weighted by molar-refractivity contribution is 5.25. The zero-order chi connectivity index (χ0) is 14.9. The number of hydrogen-bond acceptors (Lipinski definition) is 4. The molecule has 0 aromatic heterocycles. The van der Waals surface area contributed by atoms with Gasteiger partial charge in [0.2, 0.25) is 0 Å².